The topological polar surface area (TPSA) is 26.3 Å². The second kappa shape index (κ2) is 6.49. The molecule has 0 atom stereocenters. The molecule has 0 unspecified atom stereocenters. The standard InChI is InChI=1S/C8H14O2/c1-3-5-6-10-7-8(9)4-2/h4H,2-3,5-7H2,1H3. The first-order chi connectivity index (χ1) is 4.81. The molecule has 10 heavy (non-hydrogen) atoms. The first-order valence-corrected chi connectivity index (χ1v) is 3.54. The van der Waals surface area contributed by atoms with Crippen molar-refractivity contribution in [2.24, 2.45) is 0 Å². The van der Waals surface area contributed by atoms with Crippen LogP contribution in [-0.4, -0.2) is 19.0 Å². The summed E-state index contributed by atoms with van der Waals surface area (Å²) in [6.07, 6.45) is 3.40. The summed E-state index contributed by atoms with van der Waals surface area (Å²) in [4.78, 5) is 10.5. The van der Waals surface area contributed by atoms with Crippen molar-refractivity contribution < 1.29 is 9.53 Å². The quantitative estimate of drug-likeness (QED) is 0.415. The summed E-state index contributed by atoms with van der Waals surface area (Å²) in [6.45, 7) is 6.27. The minimum atomic E-state index is -0.0453. The number of carbonyl (C=O) groups is 1. The zero-order valence-electron chi connectivity index (χ0n) is 6.43. The molecule has 0 aliphatic heterocycles. The van der Waals surface area contributed by atoms with Gasteiger partial charge in [-0.2, -0.15) is 0 Å². The highest BCUT2D eigenvalue weighted by Crippen LogP contribution is 1.87. The Kier molecular flexibility index (Phi) is 6.08. The van der Waals surface area contributed by atoms with E-state index in [0.717, 1.165) is 12.8 Å². The van der Waals surface area contributed by atoms with Crippen LogP contribution in [0, 0.1) is 0 Å². The summed E-state index contributed by atoms with van der Waals surface area (Å²) >= 11 is 0. The van der Waals surface area contributed by atoms with Gasteiger partial charge in [0.15, 0.2) is 5.78 Å². The SMILES string of the molecule is C=CC(=O)COCCCC. The number of rotatable bonds is 6. The second-order valence-corrected chi connectivity index (χ2v) is 2.08. The molecule has 0 heterocycles. The Morgan fingerprint density at radius 2 is 2.40 bits per heavy atom. The molecule has 58 valence electrons. The fraction of sp³-hybridized carbons (Fsp3) is 0.625. The molecule has 0 saturated heterocycles. The van der Waals surface area contributed by atoms with Crippen LogP contribution in [-0.2, 0) is 9.53 Å². The van der Waals surface area contributed by atoms with E-state index < -0.39 is 0 Å². The van der Waals surface area contributed by atoms with E-state index in [0.29, 0.717) is 6.61 Å². The zero-order valence-corrected chi connectivity index (χ0v) is 6.43. The van der Waals surface area contributed by atoms with Gasteiger partial charge in [-0.05, 0) is 12.5 Å². The predicted octanol–water partition coefficient (Wildman–Crippen LogP) is 1.56. The third-order valence-corrected chi connectivity index (χ3v) is 1.11. The Balaban J connectivity index is 3.03. The van der Waals surface area contributed by atoms with Gasteiger partial charge in [0, 0.05) is 6.61 Å². The third kappa shape index (κ3) is 5.51. The van der Waals surface area contributed by atoms with E-state index in [2.05, 4.69) is 13.5 Å². The average Bonchev–Trinajstić information content (AvgIpc) is 1.98. The van der Waals surface area contributed by atoms with Crippen LogP contribution in [0.1, 0.15) is 19.8 Å². The van der Waals surface area contributed by atoms with Crippen molar-refractivity contribution in [1.29, 1.82) is 0 Å². The minimum absolute atomic E-state index is 0.0453. The van der Waals surface area contributed by atoms with Crippen molar-refractivity contribution in [2.45, 2.75) is 19.8 Å². The van der Waals surface area contributed by atoms with Crippen LogP contribution in [0.15, 0.2) is 12.7 Å². The molecule has 0 aliphatic rings. The van der Waals surface area contributed by atoms with Gasteiger partial charge in [0.05, 0.1) is 0 Å². The van der Waals surface area contributed by atoms with Crippen molar-refractivity contribution in [3.63, 3.8) is 0 Å². The number of carbonyl (C=O) groups excluding carboxylic acids is 1. The molecule has 2 heteroatoms. The van der Waals surface area contributed by atoms with E-state index in [9.17, 15) is 4.79 Å². The van der Waals surface area contributed by atoms with Crippen molar-refractivity contribution >= 4 is 5.78 Å². The van der Waals surface area contributed by atoms with Crippen molar-refractivity contribution in [1.82, 2.24) is 0 Å². The van der Waals surface area contributed by atoms with Crippen LogP contribution < -0.4 is 0 Å². The molecule has 0 saturated carbocycles. The molecule has 0 rings (SSSR count). The van der Waals surface area contributed by atoms with Crippen LogP contribution >= 0.6 is 0 Å². The van der Waals surface area contributed by atoms with Crippen molar-refractivity contribution in [3.05, 3.63) is 12.7 Å². The van der Waals surface area contributed by atoms with Gasteiger partial charge >= 0.3 is 0 Å². The first kappa shape index (κ1) is 9.37. The fourth-order valence-electron chi connectivity index (χ4n) is 0.478. The van der Waals surface area contributed by atoms with E-state index >= 15 is 0 Å². The highest BCUT2D eigenvalue weighted by Gasteiger charge is 1.93. The van der Waals surface area contributed by atoms with Crippen LogP contribution in [0.4, 0.5) is 0 Å². The molecule has 0 N–H and O–H groups in total. The third-order valence-electron chi connectivity index (χ3n) is 1.11. The molecule has 0 aromatic rings. The minimum Gasteiger partial charge on any atom is -0.373 e. The molecule has 0 aromatic carbocycles. The smallest absolute Gasteiger partial charge is 0.180 e. The average molecular weight is 142 g/mol. The number of ether oxygens (including phenoxy) is 1. The molecule has 0 bridgehead atoms. The second-order valence-electron chi connectivity index (χ2n) is 2.08. The maximum absolute atomic E-state index is 10.5. The molecule has 0 radical (unpaired) electrons. The first-order valence-electron chi connectivity index (χ1n) is 3.54. The molecule has 2 nitrogen and oxygen atoms in total. The van der Waals surface area contributed by atoms with Crippen LogP contribution in [0.25, 0.3) is 0 Å². The predicted molar refractivity (Wildman–Crippen MR) is 40.9 cm³/mol. The Morgan fingerprint density at radius 3 is 2.90 bits per heavy atom. The van der Waals surface area contributed by atoms with Gasteiger partial charge in [-0.1, -0.05) is 19.9 Å². The number of hydrogen-bond donors (Lipinski definition) is 0. The lowest BCUT2D eigenvalue weighted by molar-refractivity contribution is -0.118. The summed E-state index contributed by atoms with van der Waals surface area (Å²) in [5.74, 6) is -0.0453. The Hall–Kier alpha value is -0.630. The van der Waals surface area contributed by atoms with Gasteiger partial charge in [-0.3, -0.25) is 4.79 Å². The zero-order chi connectivity index (χ0) is 7.82. The van der Waals surface area contributed by atoms with Crippen LogP contribution in [0.2, 0.25) is 0 Å². The number of unbranched alkanes of at least 4 members (excludes halogenated alkanes) is 1. The largest absolute Gasteiger partial charge is 0.373 e. The normalized spacial score (nSPS) is 9.30. The lowest BCUT2D eigenvalue weighted by Crippen LogP contribution is -2.05. The van der Waals surface area contributed by atoms with Gasteiger partial charge in [-0.25, -0.2) is 0 Å². The van der Waals surface area contributed by atoms with Crippen molar-refractivity contribution in [2.75, 3.05) is 13.2 Å². The van der Waals surface area contributed by atoms with E-state index in [4.69, 9.17) is 4.74 Å². The van der Waals surface area contributed by atoms with Gasteiger partial charge in [0.25, 0.3) is 0 Å². The van der Waals surface area contributed by atoms with Crippen LogP contribution in [0.5, 0.6) is 0 Å². The van der Waals surface area contributed by atoms with Gasteiger partial charge in [-0.15, -0.1) is 0 Å². The monoisotopic (exact) mass is 142 g/mol. The van der Waals surface area contributed by atoms with Gasteiger partial charge < -0.3 is 4.74 Å². The van der Waals surface area contributed by atoms with Crippen LogP contribution in [0.3, 0.4) is 0 Å². The van der Waals surface area contributed by atoms with E-state index in [-0.39, 0.29) is 12.4 Å². The van der Waals surface area contributed by atoms with Gasteiger partial charge in [0.1, 0.15) is 6.61 Å². The number of hydrogen-bond acceptors (Lipinski definition) is 2. The lowest BCUT2D eigenvalue weighted by atomic mass is 10.3. The summed E-state index contributed by atoms with van der Waals surface area (Å²) < 4.78 is 5.01. The summed E-state index contributed by atoms with van der Waals surface area (Å²) in [7, 11) is 0. The van der Waals surface area contributed by atoms with E-state index in [1.54, 1.807) is 0 Å². The molecule has 0 amide bonds. The van der Waals surface area contributed by atoms with E-state index in [1.807, 2.05) is 0 Å². The Bertz CT molecular complexity index is 108. The summed E-state index contributed by atoms with van der Waals surface area (Å²) in [5, 5.41) is 0. The van der Waals surface area contributed by atoms with Crippen molar-refractivity contribution in [3.8, 4) is 0 Å². The summed E-state index contributed by atoms with van der Waals surface area (Å²) in [6, 6.07) is 0. The fourth-order valence-corrected chi connectivity index (χ4v) is 0.478. The number of ketones is 1. The maximum Gasteiger partial charge on any atom is 0.180 e. The molecular weight excluding hydrogens is 128 g/mol. The molecule has 0 fully saturated rings. The molecule has 0 aromatic heterocycles. The summed E-state index contributed by atoms with van der Waals surface area (Å²) in [5.41, 5.74) is 0. The molecular formula is C8H14O2. The van der Waals surface area contributed by atoms with Gasteiger partial charge in [0.2, 0.25) is 0 Å². The molecule has 0 spiro atoms. The molecule has 0 aliphatic carbocycles. The highest BCUT2D eigenvalue weighted by atomic mass is 16.5. The highest BCUT2D eigenvalue weighted by molar-refractivity contribution is 5.90. The Labute approximate surface area is 61.9 Å². The van der Waals surface area contributed by atoms with E-state index in [1.165, 1.54) is 6.08 Å². The Morgan fingerprint density at radius 1 is 1.70 bits per heavy atom. The lowest BCUT2D eigenvalue weighted by Gasteiger charge is -1.97. The maximum atomic E-state index is 10.5.